The maximum Gasteiger partial charge on any atom is 0.162 e. The fourth-order valence-corrected chi connectivity index (χ4v) is 2.09. The van der Waals surface area contributed by atoms with Crippen LogP contribution in [0.3, 0.4) is 0 Å². The van der Waals surface area contributed by atoms with Crippen molar-refractivity contribution in [3.63, 3.8) is 0 Å². The Morgan fingerprint density at radius 1 is 1.41 bits per heavy atom. The van der Waals surface area contributed by atoms with E-state index in [0.29, 0.717) is 31.5 Å². The molecule has 1 fully saturated rings. The number of anilines is 1. The Hall–Kier alpha value is -0.720. The van der Waals surface area contributed by atoms with Gasteiger partial charge in [0.15, 0.2) is 5.82 Å². The minimum Gasteiger partial charge on any atom is -0.383 e. The normalized spacial score (nSPS) is 20.5. The van der Waals surface area contributed by atoms with Crippen LogP contribution in [0.15, 0.2) is 4.47 Å². The number of hydrogen-bond acceptors (Lipinski definition) is 5. The summed E-state index contributed by atoms with van der Waals surface area (Å²) in [6, 6.07) is 0. The molecule has 6 heteroatoms. The van der Waals surface area contributed by atoms with E-state index in [1.165, 1.54) is 0 Å². The van der Waals surface area contributed by atoms with E-state index in [0.717, 1.165) is 23.0 Å². The lowest BCUT2D eigenvalue weighted by Crippen LogP contribution is -2.24. The van der Waals surface area contributed by atoms with Crippen LogP contribution in [0.25, 0.3) is 0 Å². The molecule has 0 spiro atoms. The molecule has 2 N–H and O–H groups in total. The molecule has 0 amide bonds. The minimum absolute atomic E-state index is 0.199. The van der Waals surface area contributed by atoms with Crippen molar-refractivity contribution in [1.29, 1.82) is 0 Å². The third-order valence-corrected chi connectivity index (χ3v) is 3.42. The molecule has 0 radical (unpaired) electrons. The van der Waals surface area contributed by atoms with Gasteiger partial charge >= 0.3 is 0 Å². The van der Waals surface area contributed by atoms with Crippen LogP contribution in [0.1, 0.15) is 31.0 Å². The molecule has 17 heavy (non-hydrogen) atoms. The average Bonchev–Trinajstić information content (AvgIpc) is 2.36. The summed E-state index contributed by atoms with van der Waals surface area (Å²) in [5.74, 6) is 1.08. The molecule has 1 atom stereocenters. The quantitative estimate of drug-likeness (QED) is 0.923. The number of nitrogens with zero attached hydrogens (tertiary/aromatic N) is 2. The van der Waals surface area contributed by atoms with Gasteiger partial charge in [0.2, 0.25) is 0 Å². The van der Waals surface area contributed by atoms with Crippen molar-refractivity contribution in [2.24, 2.45) is 0 Å². The Balaban J connectivity index is 2.27. The Kier molecular flexibility index (Phi) is 4.31. The summed E-state index contributed by atoms with van der Waals surface area (Å²) in [7, 11) is 0. The fraction of sp³-hybridized carbons (Fsp3) is 0.636. The van der Waals surface area contributed by atoms with Crippen LogP contribution in [0.5, 0.6) is 0 Å². The molecule has 1 saturated heterocycles. The monoisotopic (exact) mass is 301 g/mol. The van der Waals surface area contributed by atoms with Gasteiger partial charge in [-0.05, 0) is 22.4 Å². The standard InChI is InChI=1S/C11H16BrN3O2/c1-2-3-7-9(12)10(13)15-11(14-7)8-6-16-4-5-17-8/h8H,2-6H2,1H3,(H2,13,14,15). The molecule has 1 aromatic rings. The predicted molar refractivity (Wildman–Crippen MR) is 67.7 cm³/mol. The summed E-state index contributed by atoms with van der Waals surface area (Å²) in [4.78, 5) is 8.76. The first-order valence-corrected chi connectivity index (χ1v) is 6.52. The Morgan fingerprint density at radius 3 is 2.88 bits per heavy atom. The highest BCUT2D eigenvalue weighted by molar-refractivity contribution is 9.10. The van der Waals surface area contributed by atoms with Crippen LogP contribution in [0.4, 0.5) is 5.82 Å². The fourth-order valence-electron chi connectivity index (χ4n) is 1.72. The molecule has 0 bridgehead atoms. The van der Waals surface area contributed by atoms with E-state index in [-0.39, 0.29) is 6.10 Å². The molecule has 2 heterocycles. The minimum atomic E-state index is -0.199. The highest BCUT2D eigenvalue weighted by Crippen LogP contribution is 2.26. The zero-order valence-corrected chi connectivity index (χ0v) is 11.4. The number of aromatic nitrogens is 2. The Morgan fingerprint density at radius 2 is 2.24 bits per heavy atom. The van der Waals surface area contributed by atoms with Gasteiger partial charge in [-0.15, -0.1) is 0 Å². The summed E-state index contributed by atoms with van der Waals surface area (Å²) in [6.45, 7) is 3.80. The molecule has 0 aromatic carbocycles. The van der Waals surface area contributed by atoms with Crippen molar-refractivity contribution in [3.8, 4) is 0 Å². The summed E-state index contributed by atoms with van der Waals surface area (Å²) in [5, 5.41) is 0. The van der Waals surface area contributed by atoms with Crippen molar-refractivity contribution in [3.05, 3.63) is 16.0 Å². The zero-order valence-electron chi connectivity index (χ0n) is 9.78. The summed E-state index contributed by atoms with van der Waals surface area (Å²) >= 11 is 3.42. The Bertz CT molecular complexity index is 395. The predicted octanol–water partition coefficient (Wildman–Crippen LogP) is 1.86. The number of nitrogens with two attached hydrogens (primary N) is 1. The van der Waals surface area contributed by atoms with E-state index >= 15 is 0 Å². The zero-order chi connectivity index (χ0) is 12.3. The number of rotatable bonds is 3. The molecule has 1 aliphatic rings. The first-order chi connectivity index (χ1) is 8.22. The van der Waals surface area contributed by atoms with Crippen LogP contribution >= 0.6 is 15.9 Å². The van der Waals surface area contributed by atoms with Crippen LogP contribution in [-0.2, 0) is 15.9 Å². The van der Waals surface area contributed by atoms with Gasteiger partial charge in [-0.25, -0.2) is 9.97 Å². The van der Waals surface area contributed by atoms with Gasteiger partial charge in [0.05, 0.1) is 30.0 Å². The van der Waals surface area contributed by atoms with Crippen LogP contribution in [0.2, 0.25) is 0 Å². The molecule has 1 unspecified atom stereocenters. The maximum absolute atomic E-state index is 5.86. The van der Waals surface area contributed by atoms with E-state index in [2.05, 4.69) is 32.8 Å². The van der Waals surface area contributed by atoms with Gasteiger partial charge in [-0.3, -0.25) is 0 Å². The average molecular weight is 302 g/mol. The Labute approximate surface area is 109 Å². The number of hydrogen-bond donors (Lipinski definition) is 1. The molecular weight excluding hydrogens is 286 g/mol. The van der Waals surface area contributed by atoms with Gasteiger partial charge in [-0.2, -0.15) is 0 Å². The first-order valence-electron chi connectivity index (χ1n) is 5.73. The van der Waals surface area contributed by atoms with Crippen molar-refractivity contribution >= 4 is 21.7 Å². The molecule has 1 aromatic heterocycles. The first kappa shape index (κ1) is 12.7. The van der Waals surface area contributed by atoms with E-state index in [9.17, 15) is 0 Å². The van der Waals surface area contributed by atoms with Crippen LogP contribution < -0.4 is 5.73 Å². The van der Waals surface area contributed by atoms with Gasteiger partial charge < -0.3 is 15.2 Å². The van der Waals surface area contributed by atoms with Gasteiger partial charge in [0.25, 0.3) is 0 Å². The number of nitrogen functional groups attached to an aromatic ring is 1. The van der Waals surface area contributed by atoms with E-state index < -0.39 is 0 Å². The highest BCUT2D eigenvalue weighted by atomic mass is 79.9. The molecule has 94 valence electrons. The molecule has 2 rings (SSSR count). The lowest BCUT2D eigenvalue weighted by atomic mass is 10.2. The second-order valence-corrected chi connectivity index (χ2v) is 4.71. The smallest absolute Gasteiger partial charge is 0.162 e. The summed E-state index contributed by atoms with van der Waals surface area (Å²) in [6.07, 6.45) is 1.68. The second kappa shape index (κ2) is 5.75. The molecular formula is C11H16BrN3O2. The van der Waals surface area contributed by atoms with Crippen LogP contribution in [0, 0.1) is 0 Å². The SMILES string of the molecule is CCCc1nc(C2COCCO2)nc(N)c1Br. The third kappa shape index (κ3) is 2.94. The summed E-state index contributed by atoms with van der Waals surface area (Å²) in [5.41, 5.74) is 6.80. The van der Waals surface area contributed by atoms with Crippen molar-refractivity contribution in [1.82, 2.24) is 9.97 Å². The van der Waals surface area contributed by atoms with Crippen molar-refractivity contribution in [2.75, 3.05) is 25.6 Å². The van der Waals surface area contributed by atoms with Crippen molar-refractivity contribution in [2.45, 2.75) is 25.9 Å². The van der Waals surface area contributed by atoms with Crippen LogP contribution in [-0.4, -0.2) is 29.8 Å². The highest BCUT2D eigenvalue weighted by Gasteiger charge is 2.21. The molecule has 1 aliphatic heterocycles. The number of halogens is 1. The second-order valence-electron chi connectivity index (χ2n) is 3.91. The number of ether oxygens (including phenoxy) is 2. The largest absolute Gasteiger partial charge is 0.383 e. The van der Waals surface area contributed by atoms with Gasteiger partial charge in [0, 0.05) is 0 Å². The number of aryl methyl sites for hydroxylation is 1. The summed E-state index contributed by atoms with van der Waals surface area (Å²) < 4.78 is 11.7. The maximum atomic E-state index is 5.86. The molecule has 0 saturated carbocycles. The van der Waals surface area contributed by atoms with E-state index in [1.807, 2.05) is 0 Å². The van der Waals surface area contributed by atoms with E-state index in [4.69, 9.17) is 15.2 Å². The van der Waals surface area contributed by atoms with E-state index in [1.54, 1.807) is 0 Å². The van der Waals surface area contributed by atoms with Gasteiger partial charge in [-0.1, -0.05) is 13.3 Å². The lowest BCUT2D eigenvalue weighted by Gasteiger charge is -2.22. The van der Waals surface area contributed by atoms with Gasteiger partial charge in [0.1, 0.15) is 11.9 Å². The third-order valence-electron chi connectivity index (χ3n) is 2.55. The lowest BCUT2D eigenvalue weighted by molar-refractivity contribution is -0.0935. The molecule has 5 nitrogen and oxygen atoms in total. The topological polar surface area (TPSA) is 70.3 Å². The van der Waals surface area contributed by atoms with Crippen molar-refractivity contribution < 1.29 is 9.47 Å². The molecule has 0 aliphatic carbocycles.